The first-order chi connectivity index (χ1) is 10.0. The van der Waals surface area contributed by atoms with Gasteiger partial charge in [0.25, 0.3) is 0 Å². The van der Waals surface area contributed by atoms with Crippen molar-refractivity contribution < 1.29 is 9.50 Å². The number of fused-ring (bicyclic) bond motifs is 1. The van der Waals surface area contributed by atoms with Gasteiger partial charge in [-0.3, -0.25) is 4.68 Å². The summed E-state index contributed by atoms with van der Waals surface area (Å²) in [7, 11) is 0. The van der Waals surface area contributed by atoms with Gasteiger partial charge in [-0.2, -0.15) is 5.10 Å². The smallest absolute Gasteiger partial charge is 0.124 e. The third kappa shape index (κ3) is 2.99. The topological polar surface area (TPSA) is 38.0 Å². The van der Waals surface area contributed by atoms with Crippen LogP contribution in [0, 0.1) is 5.82 Å². The number of hydrogen-bond acceptors (Lipinski definition) is 3. The van der Waals surface area contributed by atoms with Gasteiger partial charge in [-0.1, -0.05) is 6.07 Å². The maximum atomic E-state index is 13.2. The average molecular weight is 304 g/mol. The van der Waals surface area contributed by atoms with Crippen LogP contribution in [0.5, 0.6) is 0 Å². The molecule has 0 fully saturated rings. The number of thiophene rings is 1. The Morgan fingerprint density at radius 2 is 2.10 bits per heavy atom. The molecule has 0 saturated carbocycles. The Kier molecular flexibility index (Phi) is 3.78. The maximum absolute atomic E-state index is 13.2. The molecule has 1 aromatic carbocycles. The van der Waals surface area contributed by atoms with Crippen LogP contribution in [0.25, 0.3) is 10.1 Å². The minimum Gasteiger partial charge on any atom is -0.387 e. The molecule has 0 aliphatic rings. The van der Waals surface area contributed by atoms with E-state index < -0.39 is 6.10 Å². The quantitative estimate of drug-likeness (QED) is 0.788. The second-order valence-electron chi connectivity index (χ2n) is 5.43. The van der Waals surface area contributed by atoms with Crippen molar-refractivity contribution in [3.05, 3.63) is 52.9 Å². The van der Waals surface area contributed by atoms with Crippen molar-refractivity contribution in [1.82, 2.24) is 9.78 Å². The highest BCUT2D eigenvalue weighted by atomic mass is 32.1. The number of benzene rings is 1. The zero-order valence-electron chi connectivity index (χ0n) is 12.0. The zero-order chi connectivity index (χ0) is 15.0. The summed E-state index contributed by atoms with van der Waals surface area (Å²) in [5, 5.41) is 15.8. The summed E-state index contributed by atoms with van der Waals surface area (Å²) in [6.45, 7) is 4.13. The number of rotatable bonds is 4. The highest BCUT2D eigenvalue weighted by Crippen LogP contribution is 2.31. The van der Waals surface area contributed by atoms with Gasteiger partial charge in [-0.15, -0.1) is 11.3 Å². The molecule has 3 aromatic rings. The minimum atomic E-state index is -0.610. The summed E-state index contributed by atoms with van der Waals surface area (Å²) >= 11 is 1.43. The van der Waals surface area contributed by atoms with E-state index >= 15 is 0 Å². The standard InChI is InChI=1S/C16H17FN2OS/c1-10(2)19-6-5-13(18-19)9-14(20)16-7-11-3-4-12(17)8-15(11)21-16/h3-8,10,14,20H,9H2,1-2H3. The molecule has 1 atom stereocenters. The summed E-state index contributed by atoms with van der Waals surface area (Å²) in [5.74, 6) is -0.249. The number of aromatic nitrogens is 2. The molecule has 3 nitrogen and oxygen atoms in total. The van der Waals surface area contributed by atoms with Gasteiger partial charge in [-0.05, 0) is 43.5 Å². The van der Waals surface area contributed by atoms with Crippen LogP contribution in [0.1, 0.15) is 36.6 Å². The van der Waals surface area contributed by atoms with Crippen LogP contribution >= 0.6 is 11.3 Å². The molecule has 21 heavy (non-hydrogen) atoms. The molecule has 2 heterocycles. The van der Waals surface area contributed by atoms with Crippen LogP contribution < -0.4 is 0 Å². The molecule has 0 spiro atoms. The molecule has 0 saturated heterocycles. The Hall–Kier alpha value is -1.72. The fraction of sp³-hybridized carbons (Fsp3) is 0.312. The highest BCUT2D eigenvalue weighted by Gasteiger charge is 2.14. The lowest BCUT2D eigenvalue weighted by Gasteiger charge is -2.07. The largest absolute Gasteiger partial charge is 0.387 e. The molecule has 1 N–H and O–H groups in total. The highest BCUT2D eigenvalue weighted by molar-refractivity contribution is 7.19. The Morgan fingerprint density at radius 1 is 1.29 bits per heavy atom. The van der Waals surface area contributed by atoms with Gasteiger partial charge >= 0.3 is 0 Å². The van der Waals surface area contributed by atoms with Gasteiger partial charge in [0, 0.05) is 28.2 Å². The molecule has 0 amide bonds. The second-order valence-corrected chi connectivity index (χ2v) is 6.55. The van der Waals surface area contributed by atoms with Crippen LogP contribution in [-0.4, -0.2) is 14.9 Å². The van der Waals surface area contributed by atoms with Gasteiger partial charge in [0.1, 0.15) is 5.82 Å². The number of nitrogens with zero attached hydrogens (tertiary/aromatic N) is 2. The molecule has 3 rings (SSSR count). The number of aliphatic hydroxyl groups excluding tert-OH is 1. The van der Waals surface area contributed by atoms with E-state index in [1.807, 2.05) is 23.0 Å². The van der Waals surface area contributed by atoms with Crippen molar-refractivity contribution in [1.29, 1.82) is 0 Å². The zero-order valence-corrected chi connectivity index (χ0v) is 12.8. The van der Waals surface area contributed by atoms with E-state index in [0.29, 0.717) is 12.5 Å². The Balaban J connectivity index is 1.80. The first-order valence-electron chi connectivity index (χ1n) is 6.94. The van der Waals surface area contributed by atoms with Crippen molar-refractivity contribution in [2.24, 2.45) is 0 Å². The van der Waals surface area contributed by atoms with E-state index in [4.69, 9.17) is 0 Å². The Morgan fingerprint density at radius 3 is 2.81 bits per heavy atom. The molecule has 0 radical (unpaired) electrons. The van der Waals surface area contributed by atoms with E-state index in [1.165, 1.54) is 23.5 Å². The fourth-order valence-corrected chi connectivity index (χ4v) is 3.34. The molecule has 0 aliphatic carbocycles. The lowest BCUT2D eigenvalue weighted by molar-refractivity contribution is 0.180. The predicted octanol–water partition coefficient (Wildman–Crippen LogP) is 4.09. The molecule has 0 aliphatic heterocycles. The van der Waals surface area contributed by atoms with Crippen molar-refractivity contribution in [2.45, 2.75) is 32.4 Å². The molecule has 5 heteroatoms. The third-order valence-electron chi connectivity index (χ3n) is 3.42. The molecular weight excluding hydrogens is 287 g/mol. The Labute approximate surface area is 126 Å². The molecule has 0 bridgehead atoms. The van der Waals surface area contributed by atoms with Gasteiger partial charge in [0.05, 0.1) is 11.8 Å². The molecule has 2 aromatic heterocycles. The normalized spacial score (nSPS) is 13.2. The lowest BCUT2D eigenvalue weighted by atomic mass is 10.1. The monoisotopic (exact) mass is 304 g/mol. The van der Waals surface area contributed by atoms with E-state index in [1.54, 1.807) is 6.07 Å². The van der Waals surface area contributed by atoms with Crippen molar-refractivity contribution in [3.63, 3.8) is 0 Å². The van der Waals surface area contributed by atoms with Crippen LogP contribution in [-0.2, 0) is 6.42 Å². The maximum Gasteiger partial charge on any atom is 0.124 e. The van der Waals surface area contributed by atoms with Crippen molar-refractivity contribution in [3.8, 4) is 0 Å². The van der Waals surface area contributed by atoms with E-state index in [-0.39, 0.29) is 5.82 Å². The van der Waals surface area contributed by atoms with Gasteiger partial charge < -0.3 is 5.11 Å². The van der Waals surface area contributed by atoms with Gasteiger partial charge in [-0.25, -0.2) is 4.39 Å². The molecule has 1 unspecified atom stereocenters. The minimum absolute atomic E-state index is 0.249. The first kappa shape index (κ1) is 14.2. The van der Waals surface area contributed by atoms with E-state index in [0.717, 1.165) is 20.7 Å². The fourth-order valence-electron chi connectivity index (χ4n) is 2.26. The van der Waals surface area contributed by atoms with Crippen LogP contribution in [0.3, 0.4) is 0 Å². The van der Waals surface area contributed by atoms with Crippen LogP contribution in [0.15, 0.2) is 36.5 Å². The SMILES string of the molecule is CC(C)n1ccc(CC(O)c2cc3ccc(F)cc3s2)n1. The summed E-state index contributed by atoms with van der Waals surface area (Å²) in [5.41, 5.74) is 0.861. The first-order valence-corrected chi connectivity index (χ1v) is 7.75. The average Bonchev–Trinajstić information content (AvgIpc) is 3.04. The van der Waals surface area contributed by atoms with Gasteiger partial charge in [0.2, 0.25) is 0 Å². The summed E-state index contributed by atoms with van der Waals surface area (Å²) < 4.78 is 15.9. The Bertz CT molecular complexity index is 763. The molecular formula is C16H17FN2OS. The van der Waals surface area contributed by atoms with E-state index in [2.05, 4.69) is 18.9 Å². The number of hydrogen-bond donors (Lipinski definition) is 1. The number of aliphatic hydroxyl groups is 1. The second kappa shape index (κ2) is 5.58. The van der Waals surface area contributed by atoms with Crippen molar-refractivity contribution >= 4 is 21.4 Å². The number of halogens is 1. The van der Waals surface area contributed by atoms with Gasteiger partial charge in [0.15, 0.2) is 0 Å². The summed E-state index contributed by atoms with van der Waals surface area (Å²) in [4.78, 5) is 0.842. The predicted molar refractivity (Wildman–Crippen MR) is 83.1 cm³/mol. The summed E-state index contributed by atoms with van der Waals surface area (Å²) in [6.07, 6.45) is 1.78. The van der Waals surface area contributed by atoms with Crippen molar-refractivity contribution in [2.75, 3.05) is 0 Å². The van der Waals surface area contributed by atoms with Crippen LogP contribution in [0.2, 0.25) is 0 Å². The third-order valence-corrected chi connectivity index (χ3v) is 4.62. The molecule has 110 valence electrons. The van der Waals surface area contributed by atoms with E-state index in [9.17, 15) is 9.50 Å². The van der Waals surface area contributed by atoms with Crippen LogP contribution in [0.4, 0.5) is 4.39 Å². The lowest BCUT2D eigenvalue weighted by Crippen LogP contribution is -2.04. The summed E-state index contributed by atoms with van der Waals surface area (Å²) in [6, 6.07) is 8.84.